The van der Waals surface area contributed by atoms with Crippen LogP contribution in [0.1, 0.15) is 27.9 Å². The first kappa shape index (κ1) is 16.3. The minimum absolute atomic E-state index is 0.224. The average Bonchev–Trinajstić information content (AvgIpc) is 3.10. The second-order valence-electron chi connectivity index (χ2n) is 5.04. The number of nitrogens with zero attached hydrogens (tertiary/aromatic N) is 1. The molecule has 1 atom stereocenters. The maximum Gasteiger partial charge on any atom is 0.287 e. The summed E-state index contributed by atoms with van der Waals surface area (Å²) in [5.41, 5.74) is 1.40. The fraction of sp³-hybridized carbons (Fsp3) is 0.111. The predicted octanol–water partition coefficient (Wildman–Crippen LogP) is 4.06. The van der Waals surface area contributed by atoms with Crippen LogP contribution >= 0.6 is 11.8 Å². The Kier molecular flexibility index (Phi) is 4.96. The van der Waals surface area contributed by atoms with Gasteiger partial charge in [-0.05, 0) is 48.2 Å². The zero-order chi connectivity index (χ0) is 16.9. The van der Waals surface area contributed by atoms with Crippen molar-refractivity contribution in [2.45, 2.75) is 11.1 Å². The largest absolute Gasteiger partial charge is 0.445 e. The highest BCUT2D eigenvalue weighted by Gasteiger charge is 2.21. The molecule has 0 radical (unpaired) electrons. The number of aromatic nitrogens is 1. The predicted molar refractivity (Wildman–Crippen MR) is 90.4 cm³/mol. The van der Waals surface area contributed by atoms with Crippen LogP contribution in [-0.4, -0.2) is 17.1 Å². The maximum absolute atomic E-state index is 13.2. The van der Waals surface area contributed by atoms with Crippen LogP contribution in [0.2, 0.25) is 0 Å². The highest BCUT2D eigenvalue weighted by molar-refractivity contribution is 7.98. The van der Waals surface area contributed by atoms with Crippen molar-refractivity contribution in [2.75, 3.05) is 6.26 Å². The van der Waals surface area contributed by atoms with Gasteiger partial charge in [0.1, 0.15) is 5.82 Å². The second-order valence-corrected chi connectivity index (χ2v) is 5.85. The first-order chi connectivity index (χ1) is 11.7. The zero-order valence-corrected chi connectivity index (χ0v) is 13.7. The van der Waals surface area contributed by atoms with E-state index in [1.807, 2.05) is 18.4 Å². The highest BCUT2D eigenvalue weighted by atomic mass is 32.2. The standard InChI is InChI=1S/C18H15FN2O2S/c1-24-16-10-9-15(23-16)18(22)21-17(14-4-2-3-11-20-14)12-5-7-13(19)8-6-12/h2-11,17H,1H3,(H,21,22)/t17-/m1/s1. The number of hydrogen-bond acceptors (Lipinski definition) is 4. The Labute approximate surface area is 143 Å². The molecule has 2 aromatic heterocycles. The van der Waals surface area contributed by atoms with Crippen LogP contribution in [0.25, 0.3) is 0 Å². The molecule has 0 aliphatic heterocycles. The van der Waals surface area contributed by atoms with Gasteiger partial charge in [0.15, 0.2) is 10.9 Å². The number of carbonyl (C=O) groups is 1. The Morgan fingerprint density at radius 2 is 1.96 bits per heavy atom. The topological polar surface area (TPSA) is 55.1 Å². The molecule has 0 saturated carbocycles. The highest BCUT2D eigenvalue weighted by Crippen LogP contribution is 2.23. The van der Waals surface area contributed by atoms with Gasteiger partial charge in [-0.15, -0.1) is 0 Å². The Balaban J connectivity index is 1.90. The molecular weight excluding hydrogens is 327 g/mol. The Bertz CT molecular complexity index is 819. The lowest BCUT2D eigenvalue weighted by molar-refractivity contribution is 0.0909. The fourth-order valence-electron chi connectivity index (χ4n) is 2.28. The monoisotopic (exact) mass is 342 g/mol. The molecule has 6 heteroatoms. The van der Waals surface area contributed by atoms with Crippen LogP contribution in [0, 0.1) is 5.82 Å². The third-order valence-electron chi connectivity index (χ3n) is 3.47. The van der Waals surface area contributed by atoms with Crippen LogP contribution in [0.4, 0.5) is 4.39 Å². The number of pyridine rings is 1. The molecule has 1 aromatic carbocycles. The average molecular weight is 342 g/mol. The normalized spacial score (nSPS) is 11.9. The van der Waals surface area contributed by atoms with E-state index in [9.17, 15) is 9.18 Å². The van der Waals surface area contributed by atoms with E-state index in [0.29, 0.717) is 10.8 Å². The van der Waals surface area contributed by atoms with Gasteiger partial charge in [-0.1, -0.05) is 30.0 Å². The van der Waals surface area contributed by atoms with Gasteiger partial charge >= 0.3 is 0 Å². The number of hydrogen-bond donors (Lipinski definition) is 1. The zero-order valence-electron chi connectivity index (χ0n) is 12.9. The Hall–Kier alpha value is -2.60. The van der Waals surface area contributed by atoms with Crippen molar-refractivity contribution < 1.29 is 13.6 Å². The fourth-order valence-corrected chi connectivity index (χ4v) is 2.66. The molecule has 3 aromatic rings. The van der Waals surface area contributed by atoms with Crippen molar-refractivity contribution in [3.63, 3.8) is 0 Å². The number of thioether (sulfide) groups is 1. The summed E-state index contributed by atoms with van der Waals surface area (Å²) in [7, 11) is 0. The number of amides is 1. The van der Waals surface area contributed by atoms with Gasteiger partial charge in [0, 0.05) is 6.20 Å². The number of furan rings is 1. The van der Waals surface area contributed by atoms with E-state index in [0.717, 1.165) is 5.56 Å². The van der Waals surface area contributed by atoms with E-state index in [2.05, 4.69) is 10.3 Å². The Morgan fingerprint density at radius 3 is 2.58 bits per heavy atom. The van der Waals surface area contributed by atoms with E-state index in [1.54, 1.807) is 36.5 Å². The molecule has 0 saturated heterocycles. The molecule has 122 valence electrons. The number of rotatable bonds is 5. The van der Waals surface area contributed by atoms with Gasteiger partial charge in [0.05, 0.1) is 11.7 Å². The molecule has 0 aliphatic rings. The molecule has 2 heterocycles. The number of nitrogens with one attached hydrogen (secondary N) is 1. The van der Waals surface area contributed by atoms with Gasteiger partial charge < -0.3 is 9.73 Å². The molecule has 0 aliphatic carbocycles. The van der Waals surface area contributed by atoms with Crippen molar-refractivity contribution in [1.29, 1.82) is 0 Å². The van der Waals surface area contributed by atoms with Crippen LogP contribution in [-0.2, 0) is 0 Å². The minimum Gasteiger partial charge on any atom is -0.445 e. The molecule has 0 unspecified atom stereocenters. The molecule has 3 rings (SSSR count). The summed E-state index contributed by atoms with van der Waals surface area (Å²) in [5, 5.41) is 3.56. The van der Waals surface area contributed by atoms with Crippen molar-refractivity contribution in [3.05, 3.63) is 83.6 Å². The van der Waals surface area contributed by atoms with E-state index < -0.39 is 6.04 Å². The molecule has 0 spiro atoms. The molecular formula is C18H15FN2O2S. The Morgan fingerprint density at radius 1 is 1.17 bits per heavy atom. The first-order valence-electron chi connectivity index (χ1n) is 7.28. The van der Waals surface area contributed by atoms with Gasteiger partial charge in [0.25, 0.3) is 5.91 Å². The summed E-state index contributed by atoms with van der Waals surface area (Å²) in [6.07, 6.45) is 3.52. The van der Waals surface area contributed by atoms with Crippen molar-refractivity contribution in [1.82, 2.24) is 10.3 Å². The van der Waals surface area contributed by atoms with E-state index in [-0.39, 0.29) is 17.5 Å². The van der Waals surface area contributed by atoms with Crippen LogP contribution in [0.15, 0.2) is 70.3 Å². The van der Waals surface area contributed by atoms with Crippen LogP contribution < -0.4 is 5.32 Å². The molecule has 1 N–H and O–H groups in total. The molecule has 1 amide bonds. The van der Waals surface area contributed by atoms with Crippen LogP contribution in [0.3, 0.4) is 0 Å². The third-order valence-corrected chi connectivity index (χ3v) is 4.09. The van der Waals surface area contributed by atoms with Gasteiger partial charge in [-0.3, -0.25) is 9.78 Å². The summed E-state index contributed by atoms with van der Waals surface area (Å²) in [6, 6.07) is 14.3. The van der Waals surface area contributed by atoms with Crippen molar-refractivity contribution >= 4 is 17.7 Å². The van der Waals surface area contributed by atoms with Crippen molar-refractivity contribution in [3.8, 4) is 0 Å². The lowest BCUT2D eigenvalue weighted by Crippen LogP contribution is -2.29. The molecule has 4 nitrogen and oxygen atoms in total. The smallest absolute Gasteiger partial charge is 0.287 e. The summed E-state index contributed by atoms with van der Waals surface area (Å²) in [6.45, 7) is 0. The molecule has 0 fully saturated rings. The van der Waals surface area contributed by atoms with Crippen LogP contribution in [0.5, 0.6) is 0 Å². The van der Waals surface area contributed by atoms with Gasteiger partial charge in [-0.2, -0.15) is 0 Å². The molecule has 0 bridgehead atoms. The van der Waals surface area contributed by atoms with E-state index in [4.69, 9.17) is 4.42 Å². The lowest BCUT2D eigenvalue weighted by atomic mass is 10.0. The molecule has 24 heavy (non-hydrogen) atoms. The number of halogens is 1. The van der Waals surface area contributed by atoms with Gasteiger partial charge in [-0.25, -0.2) is 4.39 Å². The summed E-state index contributed by atoms with van der Waals surface area (Å²) in [5.74, 6) is -0.460. The minimum atomic E-state index is -0.498. The number of carbonyl (C=O) groups excluding carboxylic acids is 1. The second kappa shape index (κ2) is 7.31. The summed E-state index contributed by atoms with van der Waals surface area (Å²) < 4.78 is 18.7. The van der Waals surface area contributed by atoms with E-state index in [1.165, 1.54) is 23.9 Å². The first-order valence-corrected chi connectivity index (χ1v) is 8.51. The SMILES string of the molecule is CSc1ccc(C(=O)N[C@H](c2ccc(F)cc2)c2ccccn2)o1. The third kappa shape index (κ3) is 3.65. The lowest BCUT2D eigenvalue weighted by Gasteiger charge is -2.18. The quantitative estimate of drug-likeness (QED) is 0.711. The maximum atomic E-state index is 13.2. The summed E-state index contributed by atoms with van der Waals surface area (Å²) >= 11 is 1.42. The van der Waals surface area contributed by atoms with Crippen molar-refractivity contribution in [2.24, 2.45) is 0 Å². The number of benzene rings is 1. The summed E-state index contributed by atoms with van der Waals surface area (Å²) in [4.78, 5) is 16.8. The van der Waals surface area contributed by atoms with E-state index >= 15 is 0 Å². The van der Waals surface area contributed by atoms with Gasteiger partial charge in [0.2, 0.25) is 0 Å².